The Balaban J connectivity index is 1.85. The van der Waals surface area contributed by atoms with E-state index in [1.54, 1.807) is 41.8 Å². The molecule has 0 radical (unpaired) electrons. The summed E-state index contributed by atoms with van der Waals surface area (Å²) in [5, 5.41) is 9.55. The van der Waals surface area contributed by atoms with Crippen LogP contribution in [-0.4, -0.2) is 29.3 Å². The molecule has 1 aliphatic rings. The van der Waals surface area contributed by atoms with Crippen LogP contribution in [0.3, 0.4) is 0 Å². The minimum Gasteiger partial charge on any atom is -0.480 e. The van der Waals surface area contributed by atoms with Crippen molar-refractivity contribution in [3.8, 4) is 0 Å². The van der Waals surface area contributed by atoms with Gasteiger partial charge < -0.3 is 9.67 Å². The highest BCUT2D eigenvalue weighted by Crippen LogP contribution is 2.35. The zero-order valence-corrected chi connectivity index (χ0v) is 16.9. The van der Waals surface area contributed by atoms with Gasteiger partial charge in [0.25, 0.3) is 0 Å². The van der Waals surface area contributed by atoms with Crippen molar-refractivity contribution in [3.05, 3.63) is 65.1 Å². The number of nitrogens with zero attached hydrogens (tertiary/aromatic N) is 1. The number of hydrogen-bond acceptors (Lipinski definition) is 3. The quantitative estimate of drug-likeness (QED) is 0.658. The molecule has 1 saturated carbocycles. The SMILES string of the molecule is Cc1c(Cc2ccccc2S(=O)(=O)C2CCC2)c2cc(F)ccc2n1CC(=O)O. The molecule has 29 heavy (non-hydrogen) atoms. The van der Waals surface area contributed by atoms with Crippen molar-refractivity contribution in [1.29, 1.82) is 0 Å². The second kappa shape index (κ2) is 7.30. The van der Waals surface area contributed by atoms with Gasteiger partial charge in [-0.15, -0.1) is 0 Å². The molecule has 0 amide bonds. The smallest absolute Gasteiger partial charge is 0.323 e. The molecule has 0 saturated heterocycles. The van der Waals surface area contributed by atoms with E-state index in [4.69, 9.17) is 0 Å². The molecule has 0 aliphatic heterocycles. The molecule has 1 N–H and O–H groups in total. The fourth-order valence-corrected chi connectivity index (χ4v) is 6.15. The lowest BCUT2D eigenvalue weighted by Crippen LogP contribution is -2.29. The van der Waals surface area contributed by atoms with Crippen molar-refractivity contribution in [2.75, 3.05) is 0 Å². The third kappa shape index (κ3) is 3.44. The van der Waals surface area contributed by atoms with Crippen LogP contribution in [0.15, 0.2) is 47.4 Å². The maximum absolute atomic E-state index is 14.0. The van der Waals surface area contributed by atoms with Crippen molar-refractivity contribution in [1.82, 2.24) is 4.57 Å². The van der Waals surface area contributed by atoms with Gasteiger partial charge in [-0.3, -0.25) is 4.79 Å². The Hall–Kier alpha value is -2.67. The van der Waals surface area contributed by atoms with E-state index < -0.39 is 21.6 Å². The summed E-state index contributed by atoms with van der Waals surface area (Å²) in [7, 11) is -3.41. The fraction of sp³-hybridized carbons (Fsp3) is 0.318. The van der Waals surface area contributed by atoms with Crippen LogP contribution in [0, 0.1) is 12.7 Å². The van der Waals surface area contributed by atoms with Crippen molar-refractivity contribution in [3.63, 3.8) is 0 Å². The molecule has 1 fully saturated rings. The lowest BCUT2D eigenvalue weighted by atomic mass is 10.00. The maximum atomic E-state index is 14.0. The van der Waals surface area contributed by atoms with Crippen LogP contribution in [0.5, 0.6) is 0 Å². The first-order chi connectivity index (χ1) is 13.8. The number of rotatable bonds is 6. The summed E-state index contributed by atoms with van der Waals surface area (Å²) in [6.45, 7) is 1.55. The Labute approximate surface area is 168 Å². The van der Waals surface area contributed by atoms with Gasteiger partial charge in [0.2, 0.25) is 0 Å². The Morgan fingerprint density at radius 3 is 2.59 bits per heavy atom. The van der Waals surface area contributed by atoms with Gasteiger partial charge in [0.05, 0.1) is 10.1 Å². The number of halogens is 1. The molecule has 0 spiro atoms. The van der Waals surface area contributed by atoms with Gasteiger partial charge >= 0.3 is 5.97 Å². The second-order valence-corrected chi connectivity index (χ2v) is 9.78. The fourth-order valence-electron chi connectivity index (χ4n) is 4.06. The van der Waals surface area contributed by atoms with Gasteiger partial charge in [0, 0.05) is 23.0 Å². The van der Waals surface area contributed by atoms with Crippen LogP contribution >= 0.6 is 0 Å². The molecular weight excluding hydrogens is 393 g/mol. The van der Waals surface area contributed by atoms with Crippen molar-refractivity contribution in [2.45, 2.75) is 49.3 Å². The van der Waals surface area contributed by atoms with Crippen LogP contribution in [0.2, 0.25) is 0 Å². The summed E-state index contributed by atoms with van der Waals surface area (Å²) in [5.41, 5.74) is 2.72. The van der Waals surface area contributed by atoms with Gasteiger partial charge in [-0.2, -0.15) is 0 Å². The molecule has 1 aromatic heterocycles. The lowest BCUT2D eigenvalue weighted by molar-refractivity contribution is -0.137. The largest absolute Gasteiger partial charge is 0.480 e. The summed E-state index contributed by atoms with van der Waals surface area (Å²) in [5.74, 6) is -1.41. The van der Waals surface area contributed by atoms with Gasteiger partial charge in [-0.25, -0.2) is 12.8 Å². The van der Waals surface area contributed by atoms with E-state index in [1.807, 2.05) is 0 Å². The molecular formula is C22H22FNO4S. The molecule has 3 aromatic rings. The van der Waals surface area contributed by atoms with Gasteiger partial charge in [0.1, 0.15) is 12.4 Å². The molecule has 2 aromatic carbocycles. The molecule has 1 heterocycles. The summed E-state index contributed by atoms with van der Waals surface area (Å²) >= 11 is 0. The van der Waals surface area contributed by atoms with Crippen molar-refractivity contribution >= 4 is 26.7 Å². The van der Waals surface area contributed by atoms with Crippen LogP contribution in [0.4, 0.5) is 4.39 Å². The van der Waals surface area contributed by atoms with Crippen molar-refractivity contribution in [2.24, 2.45) is 0 Å². The number of carboxylic acid groups (broad SMARTS) is 1. The van der Waals surface area contributed by atoms with E-state index in [2.05, 4.69) is 0 Å². The van der Waals surface area contributed by atoms with E-state index in [-0.39, 0.29) is 11.8 Å². The Morgan fingerprint density at radius 1 is 1.21 bits per heavy atom. The minimum absolute atomic E-state index is 0.240. The highest BCUT2D eigenvalue weighted by molar-refractivity contribution is 7.92. The van der Waals surface area contributed by atoms with Crippen LogP contribution in [0.1, 0.15) is 36.1 Å². The van der Waals surface area contributed by atoms with Gasteiger partial charge in [-0.1, -0.05) is 24.6 Å². The number of fused-ring (bicyclic) bond motifs is 1. The lowest BCUT2D eigenvalue weighted by Gasteiger charge is -2.26. The number of benzene rings is 2. The Kier molecular flexibility index (Phi) is 4.94. The Bertz CT molecular complexity index is 1210. The normalized spacial score (nSPS) is 14.8. The first kappa shape index (κ1) is 19.6. The van der Waals surface area contributed by atoms with Crippen LogP contribution in [0.25, 0.3) is 10.9 Å². The topological polar surface area (TPSA) is 76.4 Å². The average Bonchev–Trinajstić information content (AvgIpc) is 2.85. The molecule has 7 heteroatoms. The highest BCUT2D eigenvalue weighted by Gasteiger charge is 2.34. The molecule has 152 valence electrons. The minimum atomic E-state index is -3.41. The van der Waals surface area contributed by atoms with E-state index in [9.17, 15) is 22.7 Å². The molecule has 4 rings (SSSR count). The third-order valence-electron chi connectivity index (χ3n) is 5.85. The number of hydrogen-bond donors (Lipinski definition) is 1. The predicted molar refractivity (Wildman–Crippen MR) is 108 cm³/mol. The standard InChI is InChI=1S/C22H22FNO4S/c1-14-18(19-12-16(23)9-10-20(19)24(14)13-22(25)26)11-15-5-2-3-8-21(15)29(27,28)17-6-4-7-17/h2-3,5,8-10,12,17H,4,6-7,11,13H2,1H3,(H,25,26). The second-order valence-electron chi connectivity index (χ2n) is 7.59. The molecule has 5 nitrogen and oxygen atoms in total. The van der Waals surface area contributed by atoms with Gasteiger partial charge in [0.15, 0.2) is 9.84 Å². The molecule has 0 unspecified atom stereocenters. The van der Waals surface area contributed by atoms with E-state index in [0.717, 1.165) is 12.0 Å². The molecule has 0 bridgehead atoms. The van der Waals surface area contributed by atoms with E-state index in [1.165, 1.54) is 12.1 Å². The monoisotopic (exact) mass is 415 g/mol. The highest BCUT2D eigenvalue weighted by atomic mass is 32.2. The average molecular weight is 415 g/mol. The molecule has 1 aliphatic carbocycles. The zero-order chi connectivity index (χ0) is 20.8. The van der Waals surface area contributed by atoms with E-state index >= 15 is 0 Å². The first-order valence-corrected chi connectivity index (χ1v) is 11.1. The summed E-state index contributed by atoms with van der Waals surface area (Å²) in [4.78, 5) is 11.6. The number of aromatic nitrogens is 1. The van der Waals surface area contributed by atoms with Crippen molar-refractivity contribution < 1.29 is 22.7 Å². The number of carbonyl (C=O) groups is 1. The number of aliphatic carboxylic acids is 1. The molecule has 0 atom stereocenters. The van der Waals surface area contributed by atoms with Crippen LogP contribution < -0.4 is 0 Å². The maximum Gasteiger partial charge on any atom is 0.323 e. The summed E-state index contributed by atoms with van der Waals surface area (Å²) in [6, 6.07) is 11.2. The summed E-state index contributed by atoms with van der Waals surface area (Å²) < 4.78 is 41.7. The predicted octanol–water partition coefficient (Wildman–Crippen LogP) is 4.09. The van der Waals surface area contributed by atoms with E-state index in [0.29, 0.717) is 46.3 Å². The number of sulfone groups is 1. The number of carboxylic acids is 1. The zero-order valence-electron chi connectivity index (χ0n) is 16.1. The third-order valence-corrected chi connectivity index (χ3v) is 8.21. The Morgan fingerprint density at radius 2 is 1.93 bits per heavy atom. The first-order valence-electron chi connectivity index (χ1n) is 9.60. The van der Waals surface area contributed by atoms with Crippen LogP contribution in [-0.2, 0) is 27.6 Å². The van der Waals surface area contributed by atoms with Gasteiger partial charge in [-0.05, 0) is 55.2 Å². The summed E-state index contributed by atoms with van der Waals surface area (Å²) in [6.07, 6.45) is 2.57.